The quantitative estimate of drug-likeness (QED) is 0.535. The molecule has 0 aliphatic heterocycles. The standard InChI is InChI=1S/C22H21NO7/c1-13(29-18-8-4-7-17(24)20(18)22(27)28-2)9-10-14-5-3-6-15(11-14)19-12-16(21(25)26)23-30-19/h3-8,11-13,24H,9-10H2,1-2H3,(H,25,26). The van der Waals surface area contributed by atoms with Crippen LogP contribution in [0.25, 0.3) is 11.3 Å². The van der Waals surface area contributed by atoms with E-state index >= 15 is 0 Å². The number of hydrogen-bond acceptors (Lipinski definition) is 7. The van der Waals surface area contributed by atoms with Gasteiger partial charge in [-0.1, -0.05) is 29.4 Å². The fourth-order valence-corrected chi connectivity index (χ4v) is 2.96. The molecule has 0 fully saturated rings. The summed E-state index contributed by atoms with van der Waals surface area (Å²) in [5, 5.41) is 22.5. The lowest BCUT2D eigenvalue weighted by Gasteiger charge is -2.17. The zero-order valence-electron chi connectivity index (χ0n) is 16.5. The first-order chi connectivity index (χ1) is 14.4. The minimum Gasteiger partial charge on any atom is -0.507 e. The van der Waals surface area contributed by atoms with Crippen LogP contribution in [0, 0.1) is 0 Å². The van der Waals surface area contributed by atoms with E-state index in [0.29, 0.717) is 18.6 Å². The third-order valence-electron chi connectivity index (χ3n) is 4.50. The number of phenolic OH excluding ortho intramolecular Hbond substituents is 1. The summed E-state index contributed by atoms with van der Waals surface area (Å²) in [5.41, 5.74) is 1.57. The summed E-state index contributed by atoms with van der Waals surface area (Å²) < 4.78 is 15.7. The number of hydrogen-bond donors (Lipinski definition) is 2. The van der Waals surface area contributed by atoms with E-state index in [4.69, 9.17) is 19.1 Å². The van der Waals surface area contributed by atoms with Crippen molar-refractivity contribution in [2.24, 2.45) is 0 Å². The number of nitrogens with zero attached hydrogens (tertiary/aromatic N) is 1. The van der Waals surface area contributed by atoms with Crippen molar-refractivity contribution in [1.29, 1.82) is 0 Å². The van der Waals surface area contributed by atoms with E-state index in [1.54, 1.807) is 12.1 Å². The van der Waals surface area contributed by atoms with Crippen LogP contribution in [0.1, 0.15) is 39.8 Å². The van der Waals surface area contributed by atoms with Crippen LogP contribution in [-0.2, 0) is 11.2 Å². The van der Waals surface area contributed by atoms with Gasteiger partial charge in [0.1, 0.15) is 17.1 Å². The van der Waals surface area contributed by atoms with E-state index in [1.165, 1.54) is 19.2 Å². The lowest BCUT2D eigenvalue weighted by molar-refractivity contribution is 0.0588. The topological polar surface area (TPSA) is 119 Å². The molecule has 30 heavy (non-hydrogen) atoms. The molecule has 0 aliphatic rings. The summed E-state index contributed by atoms with van der Waals surface area (Å²) in [5.74, 6) is -1.39. The van der Waals surface area contributed by atoms with Crippen LogP contribution < -0.4 is 4.74 Å². The van der Waals surface area contributed by atoms with Crippen LogP contribution in [0.3, 0.4) is 0 Å². The van der Waals surface area contributed by atoms with Crippen LogP contribution >= 0.6 is 0 Å². The van der Waals surface area contributed by atoms with Gasteiger partial charge in [0.2, 0.25) is 0 Å². The average molecular weight is 411 g/mol. The van der Waals surface area contributed by atoms with E-state index < -0.39 is 11.9 Å². The number of carboxylic acid groups (broad SMARTS) is 1. The first kappa shape index (κ1) is 20.9. The minimum absolute atomic E-state index is 0.00611. The molecule has 0 saturated carbocycles. The fraction of sp³-hybridized carbons (Fsp3) is 0.227. The Hall–Kier alpha value is -3.81. The number of rotatable bonds is 8. The molecule has 0 spiro atoms. The van der Waals surface area contributed by atoms with Gasteiger partial charge in [0.05, 0.1) is 13.2 Å². The monoisotopic (exact) mass is 411 g/mol. The van der Waals surface area contributed by atoms with Crippen molar-refractivity contribution in [3.63, 3.8) is 0 Å². The number of methoxy groups -OCH3 is 1. The molecule has 2 N–H and O–H groups in total. The summed E-state index contributed by atoms with van der Waals surface area (Å²) in [4.78, 5) is 22.9. The molecule has 0 aliphatic carbocycles. The number of benzene rings is 2. The number of carbonyl (C=O) groups is 2. The molecular formula is C22H21NO7. The van der Waals surface area contributed by atoms with Crippen LogP contribution in [-0.4, -0.2) is 40.5 Å². The predicted molar refractivity (Wildman–Crippen MR) is 107 cm³/mol. The largest absolute Gasteiger partial charge is 0.507 e. The highest BCUT2D eigenvalue weighted by atomic mass is 16.5. The molecule has 0 amide bonds. The minimum atomic E-state index is -1.15. The molecule has 1 atom stereocenters. The molecule has 8 heteroatoms. The van der Waals surface area contributed by atoms with Crippen LogP contribution in [0.5, 0.6) is 11.5 Å². The van der Waals surface area contributed by atoms with Gasteiger partial charge in [-0.3, -0.25) is 0 Å². The van der Waals surface area contributed by atoms with Gasteiger partial charge in [-0.05, 0) is 43.5 Å². The molecule has 1 unspecified atom stereocenters. The maximum Gasteiger partial charge on any atom is 0.358 e. The Morgan fingerprint density at radius 1 is 1.17 bits per heavy atom. The molecule has 1 heterocycles. The number of aromatic carboxylic acids is 1. The van der Waals surface area contributed by atoms with Gasteiger partial charge in [-0.25, -0.2) is 9.59 Å². The Labute approximate surface area is 172 Å². The SMILES string of the molecule is COC(=O)c1c(O)cccc1OC(C)CCc1cccc(-c2cc(C(=O)O)no2)c1. The molecule has 0 saturated heterocycles. The van der Waals surface area contributed by atoms with E-state index in [-0.39, 0.29) is 28.9 Å². The highest BCUT2D eigenvalue weighted by molar-refractivity contribution is 5.95. The summed E-state index contributed by atoms with van der Waals surface area (Å²) in [6, 6.07) is 13.5. The summed E-state index contributed by atoms with van der Waals surface area (Å²) in [6.45, 7) is 1.87. The molecule has 3 rings (SSSR count). The second-order valence-corrected chi connectivity index (χ2v) is 6.69. The maximum absolute atomic E-state index is 11.9. The van der Waals surface area contributed by atoms with Crippen molar-refractivity contribution in [3.8, 4) is 22.8 Å². The third-order valence-corrected chi connectivity index (χ3v) is 4.50. The Bertz CT molecular complexity index is 1060. The van der Waals surface area contributed by atoms with Crippen molar-refractivity contribution in [2.75, 3.05) is 7.11 Å². The first-order valence-electron chi connectivity index (χ1n) is 9.25. The van der Waals surface area contributed by atoms with E-state index in [0.717, 1.165) is 11.1 Å². The van der Waals surface area contributed by atoms with Crippen molar-refractivity contribution in [3.05, 3.63) is 65.4 Å². The zero-order chi connectivity index (χ0) is 21.7. The van der Waals surface area contributed by atoms with Gasteiger partial charge in [-0.15, -0.1) is 0 Å². The number of aromatic nitrogens is 1. The van der Waals surface area contributed by atoms with Crippen LogP contribution in [0.15, 0.2) is 53.1 Å². The van der Waals surface area contributed by atoms with Crippen LogP contribution in [0.2, 0.25) is 0 Å². The number of aryl methyl sites for hydroxylation is 1. The van der Waals surface area contributed by atoms with Crippen molar-refractivity contribution in [1.82, 2.24) is 5.16 Å². The number of aromatic hydroxyl groups is 1. The molecule has 8 nitrogen and oxygen atoms in total. The molecule has 156 valence electrons. The van der Waals surface area contributed by atoms with Gasteiger partial charge in [0.25, 0.3) is 0 Å². The van der Waals surface area contributed by atoms with Crippen molar-refractivity contribution >= 4 is 11.9 Å². The van der Waals surface area contributed by atoms with Gasteiger partial charge in [-0.2, -0.15) is 0 Å². The zero-order valence-corrected chi connectivity index (χ0v) is 16.5. The Morgan fingerprint density at radius 3 is 2.63 bits per heavy atom. The first-order valence-corrected chi connectivity index (χ1v) is 9.25. The number of phenols is 1. The highest BCUT2D eigenvalue weighted by Gasteiger charge is 2.19. The number of carbonyl (C=O) groups excluding carboxylic acids is 1. The third kappa shape index (κ3) is 4.78. The Balaban J connectivity index is 1.67. The number of ether oxygens (including phenoxy) is 2. The lowest BCUT2D eigenvalue weighted by atomic mass is 10.0. The number of esters is 1. The molecule has 0 radical (unpaired) electrons. The molecule has 2 aromatic carbocycles. The van der Waals surface area contributed by atoms with Gasteiger partial charge < -0.3 is 24.2 Å². The van der Waals surface area contributed by atoms with Gasteiger partial charge in [0.15, 0.2) is 11.5 Å². The predicted octanol–water partition coefficient (Wildman–Crippen LogP) is 3.93. The Kier molecular flexibility index (Phi) is 6.36. The van der Waals surface area contributed by atoms with Crippen LogP contribution in [0.4, 0.5) is 0 Å². The molecule has 1 aromatic heterocycles. The molecule has 0 bridgehead atoms. The average Bonchev–Trinajstić information content (AvgIpc) is 3.23. The van der Waals surface area contributed by atoms with E-state index in [1.807, 2.05) is 31.2 Å². The summed E-state index contributed by atoms with van der Waals surface area (Å²) in [7, 11) is 1.24. The van der Waals surface area contributed by atoms with E-state index in [2.05, 4.69) is 5.16 Å². The van der Waals surface area contributed by atoms with Crippen molar-refractivity contribution < 1.29 is 33.8 Å². The molecule has 3 aromatic rings. The lowest BCUT2D eigenvalue weighted by Crippen LogP contribution is -2.15. The second kappa shape index (κ2) is 9.13. The Morgan fingerprint density at radius 2 is 1.93 bits per heavy atom. The van der Waals surface area contributed by atoms with Gasteiger partial charge >= 0.3 is 11.9 Å². The summed E-state index contributed by atoms with van der Waals surface area (Å²) >= 11 is 0. The number of carboxylic acids is 1. The van der Waals surface area contributed by atoms with Crippen molar-refractivity contribution in [2.45, 2.75) is 25.9 Å². The summed E-state index contributed by atoms with van der Waals surface area (Å²) in [6.07, 6.45) is 1.06. The second-order valence-electron chi connectivity index (χ2n) is 6.69. The fourth-order valence-electron chi connectivity index (χ4n) is 2.96. The highest BCUT2D eigenvalue weighted by Crippen LogP contribution is 2.29. The smallest absolute Gasteiger partial charge is 0.358 e. The maximum atomic E-state index is 11.9. The van der Waals surface area contributed by atoms with Gasteiger partial charge in [0, 0.05) is 11.6 Å². The van der Waals surface area contributed by atoms with E-state index in [9.17, 15) is 14.7 Å². The molecular weight excluding hydrogens is 390 g/mol. The normalized spacial score (nSPS) is 11.7.